The lowest BCUT2D eigenvalue weighted by molar-refractivity contribution is -0.138. The van der Waals surface area contributed by atoms with E-state index in [1.54, 1.807) is 20.3 Å². The second-order valence-electron chi connectivity index (χ2n) is 6.86. The molecule has 1 fully saturated rings. The van der Waals surface area contributed by atoms with Crippen molar-refractivity contribution in [2.45, 2.75) is 31.4 Å². The largest absolute Gasteiger partial charge is 0.497 e. The first kappa shape index (κ1) is 18.0. The zero-order valence-corrected chi connectivity index (χ0v) is 16.2. The number of carbonyl (C=O) groups excluding carboxylic acids is 1. The molecular weight excluding hydrogens is 366 g/mol. The van der Waals surface area contributed by atoms with Crippen LogP contribution in [0.1, 0.15) is 30.0 Å². The van der Waals surface area contributed by atoms with E-state index in [0.29, 0.717) is 11.4 Å². The summed E-state index contributed by atoms with van der Waals surface area (Å²) in [4.78, 5) is 15.1. The number of fused-ring (bicyclic) bond motifs is 1. The first-order chi connectivity index (χ1) is 13.1. The van der Waals surface area contributed by atoms with Crippen LogP contribution in [0, 0.1) is 0 Å². The summed E-state index contributed by atoms with van der Waals surface area (Å²) in [5.74, 6) is 2.23. The lowest BCUT2D eigenvalue weighted by atomic mass is 10.0. The Balaban J connectivity index is 1.56. The third kappa shape index (κ3) is 3.32. The number of halogens is 1. The van der Waals surface area contributed by atoms with Gasteiger partial charge < -0.3 is 19.1 Å². The number of rotatable bonds is 4. The fourth-order valence-electron chi connectivity index (χ4n) is 3.99. The van der Waals surface area contributed by atoms with Crippen LogP contribution in [0.15, 0.2) is 36.4 Å². The number of ether oxygens (including phenoxy) is 3. The Morgan fingerprint density at radius 1 is 1.19 bits per heavy atom. The van der Waals surface area contributed by atoms with Crippen LogP contribution < -0.4 is 14.2 Å². The molecule has 2 aliphatic heterocycles. The molecule has 0 aliphatic carbocycles. The van der Waals surface area contributed by atoms with Gasteiger partial charge in [0, 0.05) is 29.6 Å². The molecule has 1 amide bonds. The topological polar surface area (TPSA) is 48.0 Å². The Labute approximate surface area is 163 Å². The minimum atomic E-state index is -0.497. The summed E-state index contributed by atoms with van der Waals surface area (Å²) in [6, 6.07) is 11.2. The van der Waals surface area contributed by atoms with Crippen LogP contribution in [0.2, 0.25) is 5.02 Å². The predicted octanol–water partition coefficient (Wildman–Crippen LogP) is 4.02. The van der Waals surface area contributed by atoms with Gasteiger partial charge in [0.05, 0.1) is 20.3 Å². The zero-order valence-electron chi connectivity index (χ0n) is 15.4. The first-order valence-corrected chi connectivity index (χ1v) is 9.46. The van der Waals surface area contributed by atoms with Gasteiger partial charge in [-0.2, -0.15) is 0 Å². The molecule has 0 bridgehead atoms. The summed E-state index contributed by atoms with van der Waals surface area (Å²) in [7, 11) is 3.26. The van der Waals surface area contributed by atoms with Crippen LogP contribution in [0.3, 0.4) is 0 Å². The summed E-state index contributed by atoms with van der Waals surface area (Å²) < 4.78 is 16.8. The van der Waals surface area contributed by atoms with Crippen molar-refractivity contribution in [3.8, 4) is 17.2 Å². The number of carbonyl (C=O) groups is 1. The third-order valence-corrected chi connectivity index (χ3v) is 5.54. The molecule has 2 aliphatic rings. The van der Waals surface area contributed by atoms with Crippen molar-refractivity contribution in [1.29, 1.82) is 0 Å². The number of hydrogen-bond donors (Lipinski definition) is 0. The highest BCUT2D eigenvalue weighted by Crippen LogP contribution is 2.40. The van der Waals surface area contributed by atoms with E-state index < -0.39 is 6.10 Å². The van der Waals surface area contributed by atoms with Crippen LogP contribution >= 0.6 is 11.6 Å². The Morgan fingerprint density at radius 2 is 2.04 bits per heavy atom. The van der Waals surface area contributed by atoms with E-state index in [2.05, 4.69) is 0 Å². The van der Waals surface area contributed by atoms with Gasteiger partial charge in [0.25, 0.3) is 5.91 Å². The fraction of sp³-hybridized carbons (Fsp3) is 0.381. The Kier molecular flexibility index (Phi) is 4.87. The number of hydrogen-bond acceptors (Lipinski definition) is 4. The van der Waals surface area contributed by atoms with Gasteiger partial charge in [-0.3, -0.25) is 4.79 Å². The lowest BCUT2D eigenvalue weighted by Gasteiger charge is -2.28. The minimum absolute atomic E-state index is 0.0164. The quantitative estimate of drug-likeness (QED) is 0.794. The molecule has 2 unspecified atom stereocenters. The third-order valence-electron chi connectivity index (χ3n) is 5.31. The summed E-state index contributed by atoms with van der Waals surface area (Å²) in [6.45, 7) is 0.718. The average molecular weight is 388 g/mol. The molecule has 4 rings (SSSR count). The maximum atomic E-state index is 13.2. The van der Waals surface area contributed by atoms with E-state index in [0.717, 1.165) is 47.8 Å². The molecule has 27 heavy (non-hydrogen) atoms. The van der Waals surface area contributed by atoms with E-state index in [1.807, 2.05) is 35.2 Å². The summed E-state index contributed by atoms with van der Waals surface area (Å²) in [5.41, 5.74) is 1.99. The molecule has 142 valence electrons. The molecule has 6 heteroatoms. The second-order valence-corrected chi connectivity index (χ2v) is 7.30. The van der Waals surface area contributed by atoms with Crippen LogP contribution in [-0.4, -0.2) is 37.7 Å². The van der Waals surface area contributed by atoms with Crippen LogP contribution in [-0.2, 0) is 11.2 Å². The van der Waals surface area contributed by atoms with Crippen molar-refractivity contribution in [3.05, 3.63) is 52.5 Å². The van der Waals surface area contributed by atoms with Gasteiger partial charge in [0.15, 0.2) is 6.10 Å². The molecule has 0 spiro atoms. The minimum Gasteiger partial charge on any atom is -0.497 e. The smallest absolute Gasteiger partial charge is 0.264 e. The molecule has 0 radical (unpaired) electrons. The van der Waals surface area contributed by atoms with Crippen LogP contribution in [0.5, 0.6) is 17.2 Å². The number of nitrogens with zero attached hydrogens (tertiary/aromatic N) is 1. The molecule has 2 atom stereocenters. The monoisotopic (exact) mass is 387 g/mol. The molecule has 0 saturated carbocycles. The van der Waals surface area contributed by atoms with Gasteiger partial charge in [-0.1, -0.05) is 11.6 Å². The number of benzene rings is 2. The van der Waals surface area contributed by atoms with Gasteiger partial charge in [-0.05, 0) is 48.7 Å². The second kappa shape index (κ2) is 7.31. The van der Waals surface area contributed by atoms with Gasteiger partial charge in [-0.15, -0.1) is 0 Å². The molecule has 2 aromatic rings. The first-order valence-electron chi connectivity index (χ1n) is 9.08. The highest BCUT2D eigenvalue weighted by atomic mass is 35.5. The summed E-state index contributed by atoms with van der Waals surface area (Å²) in [5, 5.41) is 0.660. The van der Waals surface area contributed by atoms with Gasteiger partial charge in [0.2, 0.25) is 0 Å². The number of amides is 1. The van der Waals surface area contributed by atoms with Crippen molar-refractivity contribution >= 4 is 17.5 Å². The van der Waals surface area contributed by atoms with E-state index in [1.165, 1.54) is 0 Å². The van der Waals surface area contributed by atoms with Crippen molar-refractivity contribution in [2.24, 2.45) is 0 Å². The Morgan fingerprint density at radius 3 is 2.81 bits per heavy atom. The fourth-order valence-corrected chi connectivity index (χ4v) is 4.18. The molecule has 0 N–H and O–H groups in total. The van der Waals surface area contributed by atoms with Gasteiger partial charge in [-0.25, -0.2) is 0 Å². The van der Waals surface area contributed by atoms with Crippen molar-refractivity contribution < 1.29 is 19.0 Å². The van der Waals surface area contributed by atoms with E-state index >= 15 is 0 Å². The Bertz CT molecular complexity index is 869. The van der Waals surface area contributed by atoms with Crippen molar-refractivity contribution in [2.75, 3.05) is 20.8 Å². The van der Waals surface area contributed by atoms with Crippen LogP contribution in [0.25, 0.3) is 0 Å². The number of methoxy groups -OCH3 is 2. The predicted molar refractivity (Wildman–Crippen MR) is 103 cm³/mol. The van der Waals surface area contributed by atoms with Gasteiger partial charge in [0.1, 0.15) is 17.2 Å². The molecule has 2 heterocycles. The standard InChI is InChI=1S/C21H22ClNO4/c1-25-15-6-7-16(19(12-15)26-2)17-4-3-9-23(17)21(24)20-11-13-10-14(22)5-8-18(13)27-20/h5-8,10,12,17,20H,3-4,9,11H2,1-2H3. The highest BCUT2D eigenvalue weighted by molar-refractivity contribution is 6.30. The van der Waals surface area contributed by atoms with Crippen LogP contribution in [0.4, 0.5) is 0 Å². The van der Waals surface area contributed by atoms with E-state index in [9.17, 15) is 4.79 Å². The van der Waals surface area contributed by atoms with E-state index in [4.69, 9.17) is 25.8 Å². The highest BCUT2D eigenvalue weighted by Gasteiger charge is 2.38. The zero-order chi connectivity index (χ0) is 19.0. The lowest BCUT2D eigenvalue weighted by Crippen LogP contribution is -2.41. The maximum absolute atomic E-state index is 13.2. The molecule has 1 saturated heterocycles. The number of likely N-dealkylation sites (tertiary alicyclic amines) is 1. The molecular formula is C21H22ClNO4. The summed E-state index contributed by atoms with van der Waals surface area (Å²) >= 11 is 6.06. The molecule has 5 nitrogen and oxygen atoms in total. The maximum Gasteiger partial charge on any atom is 0.264 e. The average Bonchev–Trinajstić information content (AvgIpc) is 3.33. The molecule has 2 aromatic carbocycles. The summed E-state index contributed by atoms with van der Waals surface area (Å²) in [6.07, 6.45) is 1.91. The SMILES string of the molecule is COc1ccc(C2CCCN2C(=O)C2Cc3cc(Cl)ccc3O2)c(OC)c1. The normalized spacial score (nSPS) is 20.9. The van der Waals surface area contributed by atoms with Crippen molar-refractivity contribution in [3.63, 3.8) is 0 Å². The molecule has 0 aromatic heterocycles. The van der Waals surface area contributed by atoms with Crippen molar-refractivity contribution in [1.82, 2.24) is 4.90 Å². The van der Waals surface area contributed by atoms with E-state index in [-0.39, 0.29) is 11.9 Å². The van der Waals surface area contributed by atoms with Gasteiger partial charge >= 0.3 is 0 Å². The Hall–Kier alpha value is -2.40.